The van der Waals surface area contributed by atoms with Crippen LogP contribution in [0.2, 0.25) is 0 Å². The second kappa shape index (κ2) is 4.54. The molecule has 74 valence electrons. The minimum atomic E-state index is -1.01. The van der Waals surface area contributed by atoms with E-state index in [0.717, 1.165) is 0 Å². The normalized spacial score (nSPS) is 11.6. The molecule has 0 aliphatic rings. The number of benzene rings is 1. The summed E-state index contributed by atoms with van der Waals surface area (Å²) in [5, 5.41) is 9.56. The van der Waals surface area contributed by atoms with Gasteiger partial charge in [0.25, 0.3) is 0 Å². The number of hydrogen-bond acceptors (Lipinski definition) is 3. The fraction of sp³-hybridized carbons (Fsp3) is 0.273. The molecule has 0 spiro atoms. The van der Waals surface area contributed by atoms with E-state index in [0.29, 0.717) is 17.1 Å². The minimum absolute atomic E-state index is 0.486. The zero-order chi connectivity index (χ0) is 10.6. The molecule has 0 fully saturated rings. The van der Waals surface area contributed by atoms with E-state index in [1.54, 1.807) is 18.2 Å². The monoisotopic (exact) mass is 192 g/mol. The number of ether oxygens (including phenoxy) is 2. The van der Waals surface area contributed by atoms with Gasteiger partial charge < -0.3 is 14.6 Å². The molecular weight excluding hydrogens is 180 g/mol. The first kappa shape index (κ1) is 10.4. The van der Waals surface area contributed by atoms with Crippen LogP contribution in [0.4, 0.5) is 0 Å². The zero-order valence-electron chi connectivity index (χ0n) is 8.15. The van der Waals surface area contributed by atoms with Crippen molar-refractivity contribution in [2.45, 2.75) is 6.10 Å². The molecule has 3 nitrogen and oxygen atoms in total. The maximum absolute atomic E-state index is 9.56. The van der Waals surface area contributed by atoms with E-state index in [-0.39, 0.29) is 0 Å². The summed E-state index contributed by atoms with van der Waals surface area (Å²) in [5.41, 5.74) is 0.486. The first-order valence-corrected chi connectivity index (χ1v) is 4.09. The van der Waals surface area contributed by atoms with Gasteiger partial charge in [-0.15, -0.1) is 6.42 Å². The summed E-state index contributed by atoms with van der Waals surface area (Å²) in [4.78, 5) is 0. The third-order valence-corrected chi connectivity index (χ3v) is 1.90. The van der Waals surface area contributed by atoms with Crippen molar-refractivity contribution < 1.29 is 14.6 Å². The highest BCUT2D eigenvalue weighted by Crippen LogP contribution is 2.33. The zero-order valence-corrected chi connectivity index (χ0v) is 8.15. The molecule has 0 heterocycles. The number of hydrogen-bond donors (Lipinski definition) is 1. The highest BCUT2D eigenvalue weighted by atomic mass is 16.5. The molecule has 1 rings (SSSR count). The average molecular weight is 192 g/mol. The van der Waals surface area contributed by atoms with Crippen LogP contribution in [0, 0.1) is 12.3 Å². The Balaban J connectivity index is 3.27. The van der Waals surface area contributed by atoms with E-state index in [2.05, 4.69) is 5.92 Å². The predicted molar refractivity (Wildman–Crippen MR) is 53.3 cm³/mol. The Kier molecular flexibility index (Phi) is 3.38. The van der Waals surface area contributed by atoms with Crippen LogP contribution in [0.15, 0.2) is 18.2 Å². The summed E-state index contributed by atoms with van der Waals surface area (Å²) in [6.07, 6.45) is 4.13. The molecule has 3 heteroatoms. The van der Waals surface area contributed by atoms with E-state index < -0.39 is 6.10 Å². The molecule has 1 unspecified atom stereocenters. The van der Waals surface area contributed by atoms with Gasteiger partial charge in [0.15, 0.2) is 0 Å². The molecular formula is C11H12O3. The number of aliphatic hydroxyl groups excluding tert-OH is 1. The minimum Gasteiger partial charge on any atom is -0.496 e. The quantitative estimate of drug-likeness (QED) is 0.735. The van der Waals surface area contributed by atoms with Crippen molar-refractivity contribution in [3.8, 4) is 23.8 Å². The lowest BCUT2D eigenvalue weighted by Crippen LogP contribution is -2.01. The molecule has 1 aromatic rings. The van der Waals surface area contributed by atoms with Crippen LogP contribution in [0.5, 0.6) is 11.5 Å². The Morgan fingerprint density at radius 1 is 1.29 bits per heavy atom. The van der Waals surface area contributed by atoms with Gasteiger partial charge in [-0.3, -0.25) is 0 Å². The number of aliphatic hydroxyl groups is 1. The Hall–Kier alpha value is -1.66. The maximum atomic E-state index is 9.56. The smallest absolute Gasteiger partial charge is 0.147 e. The van der Waals surface area contributed by atoms with Gasteiger partial charge in [-0.2, -0.15) is 0 Å². The lowest BCUT2D eigenvalue weighted by atomic mass is 10.1. The van der Waals surface area contributed by atoms with Gasteiger partial charge >= 0.3 is 0 Å². The van der Waals surface area contributed by atoms with E-state index in [1.807, 2.05) is 0 Å². The average Bonchev–Trinajstić information content (AvgIpc) is 2.26. The van der Waals surface area contributed by atoms with Gasteiger partial charge in [0.2, 0.25) is 0 Å². The van der Waals surface area contributed by atoms with Gasteiger partial charge in [-0.05, 0) is 12.1 Å². The maximum Gasteiger partial charge on any atom is 0.147 e. The highest BCUT2D eigenvalue weighted by molar-refractivity contribution is 5.48. The van der Waals surface area contributed by atoms with E-state index >= 15 is 0 Å². The fourth-order valence-electron chi connectivity index (χ4n) is 1.23. The van der Waals surface area contributed by atoms with E-state index in [4.69, 9.17) is 15.9 Å². The molecule has 0 amide bonds. The third kappa shape index (κ3) is 1.81. The second-order valence-electron chi connectivity index (χ2n) is 2.65. The molecule has 0 aliphatic heterocycles. The lowest BCUT2D eigenvalue weighted by molar-refractivity contribution is 0.226. The van der Waals surface area contributed by atoms with Crippen LogP contribution in [-0.4, -0.2) is 19.3 Å². The van der Waals surface area contributed by atoms with Gasteiger partial charge in [-0.1, -0.05) is 12.0 Å². The lowest BCUT2D eigenvalue weighted by Gasteiger charge is -2.13. The van der Waals surface area contributed by atoms with Gasteiger partial charge in [-0.25, -0.2) is 0 Å². The summed E-state index contributed by atoms with van der Waals surface area (Å²) in [5.74, 6) is 3.27. The molecule has 0 aliphatic carbocycles. The Morgan fingerprint density at radius 3 is 2.14 bits per heavy atom. The molecule has 0 saturated carbocycles. The molecule has 1 atom stereocenters. The number of methoxy groups -OCH3 is 2. The molecule has 1 N–H and O–H groups in total. The summed E-state index contributed by atoms with van der Waals surface area (Å²) in [6.45, 7) is 0. The molecule has 0 bridgehead atoms. The van der Waals surface area contributed by atoms with Crippen LogP contribution in [0.1, 0.15) is 11.7 Å². The molecule has 0 aromatic heterocycles. The Bertz CT molecular complexity index is 330. The topological polar surface area (TPSA) is 38.7 Å². The SMILES string of the molecule is C#CC(O)c1c(OC)cccc1OC. The van der Waals surface area contributed by atoms with Crippen LogP contribution in [0.25, 0.3) is 0 Å². The third-order valence-electron chi connectivity index (χ3n) is 1.90. The summed E-state index contributed by atoms with van der Waals surface area (Å²) in [7, 11) is 3.03. The van der Waals surface area contributed by atoms with Crippen molar-refractivity contribution in [1.29, 1.82) is 0 Å². The summed E-state index contributed by atoms with van der Waals surface area (Å²) in [6, 6.07) is 5.21. The van der Waals surface area contributed by atoms with Crippen molar-refractivity contribution in [3.05, 3.63) is 23.8 Å². The summed E-state index contributed by atoms with van der Waals surface area (Å²) < 4.78 is 10.2. The molecule has 14 heavy (non-hydrogen) atoms. The van der Waals surface area contributed by atoms with Crippen LogP contribution >= 0.6 is 0 Å². The standard InChI is InChI=1S/C11H12O3/c1-4-8(12)11-9(13-2)6-5-7-10(11)14-3/h1,5-8,12H,2-3H3. The largest absolute Gasteiger partial charge is 0.496 e. The number of terminal acetylenes is 1. The van der Waals surface area contributed by atoms with Crippen molar-refractivity contribution in [1.82, 2.24) is 0 Å². The first-order chi connectivity index (χ1) is 6.74. The van der Waals surface area contributed by atoms with Gasteiger partial charge in [0, 0.05) is 0 Å². The van der Waals surface area contributed by atoms with Gasteiger partial charge in [0.05, 0.1) is 19.8 Å². The first-order valence-electron chi connectivity index (χ1n) is 4.09. The van der Waals surface area contributed by atoms with Gasteiger partial charge in [0.1, 0.15) is 17.6 Å². The van der Waals surface area contributed by atoms with Crippen LogP contribution in [-0.2, 0) is 0 Å². The molecule has 0 saturated heterocycles. The van der Waals surface area contributed by atoms with Crippen LogP contribution < -0.4 is 9.47 Å². The molecule has 1 aromatic carbocycles. The van der Waals surface area contributed by atoms with Crippen LogP contribution in [0.3, 0.4) is 0 Å². The Labute approximate surface area is 83.3 Å². The fourth-order valence-corrected chi connectivity index (χ4v) is 1.23. The highest BCUT2D eigenvalue weighted by Gasteiger charge is 2.16. The van der Waals surface area contributed by atoms with Crippen molar-refractivity contribution in [2.75, 3.05) is 14.2 Å². The predicted octanol–water partition coefficient (Wildman–Crippen LogP) is 1.37. The summed E-state index contributed by atoms with van der Waals surface area (Å²) >= 11 is 0. The van der Waals surface area contributed by atoms with Crippen molar-refractivity contribution >= 4 is 0 Å². The Morgan fingerprint density at radius 2 is 1.79 bits per heavy atom. The van der Waals surface area contributed by atoms with Crippen molar-refractivity contribution in [2.24, 2.45) is 0 Å². The van der Waals surface area contributed by atoms with E-state index in [9.17, 15) is 5.11 Å². The second-order valence-corrected chi connectivity index (χ2v) is 2.65. The van der Waals surface area contributed by atoms with Crippen molar-refractivity contribution in [3.63, 3.8) is 0 Å². The van der Waals surface area contributed by atoms with E-state index in [1.165, 1.54) is 14.2 Å². The molecule has 0 radical (unpaired) electrons. The number of rotatable bonds is 3.